The van der Waals surface area contributed by atoms with Crippen LogP contribution in [0.5, 0.6) is 11.5 Å². The molecule has 0 bridgehead atoms. The number of esters is 1. The van der Waals surface area contributed by atoms with Gasteiger partial charge in [0.25, 0.3) is 0 Å². The Morgan fingerprint density at radius 1 is 1.12 bits per heavy atom. The highest BCUT2D eigenvalue weighted by atomic mass is 16.6. The molecule has 6 nitrogen and oxygen atoms in total. The molecule has 2 aromatic carbocycles. The first-order valence-electron chi connectivity index (χ1n) is 7.78. The molecule has 1 N–H and O–H groups in total. The number of hydrogen-bond acceptors (Lipinski definition) is 6. The number of aromatic nitrogens is 1. The summed E-state index contributed by atoms with van der Waals surface area (Å²) in [5.74, 6) is 0.443. The van der Waals surface area contributed by atoms with Crippen LogP contribution in [0.3, 0.4) is 0 Å². The van der Waals surface area contributed by atoms with Crippen LogP contribution in [-0.4, -0.2) is 25.2 Å². The third kappa shape index (κ3) is 2.52. The van der Waals surface area contributed by atoms with E-state index in [1.54, 1.807) is 12.3 Å². The smallest absolute Gasteiger partial charge is 0.344 e. The van der Waals surface area contributed by atoms with Gasteiger partial charge in [0.15, 0.2) is 11.5 Å². The van der Waals surface area contributed by atoms with Crippen molar-refractivity contribution in [2.75, 3.05) is 19.5 Å². The molecule has 0 spiro atoms. The van der Waals surface area contributed by atoms with Crippen LogP contribution in [-0.2, 0) is 4.74 Å². The number of ether oxygens (including phenoxy) is 3. The molecule has 1 aromatic heterocycles. The monoisotopic (exact) mass is 336 g/mol. The number of benzene rings is 2. The minimum Gasteiger partial charge on any atom is -0.493 e. The summed E-state index contributed by atoms with van der Waals surface area (Å²) in [5, 5.41) is 4.25. The normalized spacial score (nSPS) is 15.6. The number of carbonyl (C=O) groups excluding carboxylic acids is 1. The standard InChI is InChI=1S/C19H16N2O4/c1-23-15-8-6-13-16(17(15)24-2)19(22)25-18(13)21-12-5-7-14-11(10-12)4-3-9-20-14/h3-10,18,21H,1-2H3/t18-/m1/s1. The van der Waals surface area contributed by atoms with Gasteiger partial charge in [-0.05, 0) is 36.4 Å². The first-order chi connectivity index (χ1) is 12.2. The van der Waals surface area contributed by atoms with E-state index in [1.807, 2.05) is 36.4 Å². The van der Waals surface area contributed by atoms with Gasteiger partial charge in [0.2, 0.25) is 6.23 Å². The van der Waals surface area contributed by atoms with Crippen molar-refractivity contribution in [3.8, 4) is 11.5 Å². The Hall–Kier alpha value is -3.28. The molecule has 0 saturated heterocycles. The van der Waals surface area contributed by atoms with E-state index >= 15 is 0 Å². The molecule has 1 aliphatic heterocycles. The highest BCUT2D eigenvalue weighted by Crippen LogP contribution is 2.42. The molecule has 0 saturated carbocycles. The Bertz CT molecular complexity index is 971. The van der Waals surface area contributed by atoms with E-state index in [0.717, 1.165) is 16.6 Å². The van der Waals surface area contributed by atoms with Crippen LogP contribution in [0, 0.1) is 0 Å². The summed E-state index contributed by atoms with van der Waals surface area (Å²) in [4.78, 5) is 16.6. The van der Waals surface area contributed by atoms with Crippen molar-refractivity contribution in [1.82, 2.24) is 4.98 Å². The molecule has 2 heterocycles. The van der Waals surface area contributed by atoms with Crippen molar-refractivity contribution < 1.29 is 19.0 Å². The van der Waals surface area contributed by atoms with Crippen LogP contribution in [0.25, 0.3) is 10.9 Å². The number of pyridine rings is 1. The van der Waals surface area contributed by atoms with Crippen LogP contribution in [0.15, 0.2) is 48.7 Å². The predicted octanol–water partition coefficient (Wildman–Crippen LogP) is 3.53. The molecule has 0 aliphatic carbocycles. The Balaban J connectivity index is 1.70. The summed E-state index contributed by atoms with van der Waals surface area (Å²) in [5.41, 5.74) is 2.85. The average Bonchev–Trinajstić information content (AvgIpc) is 2.96. The number of cyclic esters (lactones) is 1. The fraction of sp³-hybridized carbons (Fsp3) is 0.158. The quantitative estimate of drug-likeness (QED) is 0.735. The van der Waals surface area contributed by atoms with Crippen molar-refractivity contribution in [3.05, 3.63) is 59.8 Å². The number of nitrogens with zero attached hydrogens (tertiary/aromatic N) is 1. The SMILES string of the molecule is COc1ccc2c(c1OC)C(=O)O[C@H]2Nc1ccc2ncccc2c1. The van der Waals surface area contributed by atoms with Gasteiger partial charge in [-0.15, -0.1) is 0 Å². The number of methoxy groups -OCH3 is 2. The van der Waals surface area contributed by atoms with Crippen molar-refractivity contribution in [1.29, 1.82) is 0 Å². The fourth-order valence-electron chi connectivity index (χ4n) is 3.02. The van der Waals surface area contributed by atoms with Gasteiger partial charge in [0.1, 0.15) is 5.56 Å². The number of carbonyl (C=O) groups is 1. The Morgan fingerprint density at radius 2 is 2.00 bits per heavy atom. The first-order valence-corrected chi connectivity index (χ1v) is 7.78. The van der Waals surface area contributed by atoms with Crippen LogP contribution >= 0.6 is 0 Å². The minimum atomic E-state index is -0.587. The zero-order chi connectivity index (χ0) is 17.4. The Morgan fingerprint density at radius 3 is 2.80 bits per heavy atom. The summed E-state index contributed by atoms with van der Waals surface area (Å²) in [7, 11) is 3.03. The molecule has 6 heteroatoms. The summed E-state index contributed by atoms with van der Waals surface area (Å²) in [6, 6.07) is 13.2. The van der Waals surface area contributed by atoms with Gasteiger partial charge in [-0.3, -0.25) is 4.98 Å². The predicted molar refractivity (Wildman–Crippen MR) is 93.1 cm³/mol. The molecule has 0 fully saturated rings. The second-order valence-electron chi connectivity index (χ2n) is 5.61. The summed E-state index contributed by atoms with van der Waals surface area (Å²) in [6.07, 6.45) is 1.17. The lowest BCUT2D eigenvalue weighted by Crippen LogP contribution is -2.10. The summed E-state index contributed by atoms with van der Waals surface area (Å²) in [6.45, 7) is 0. The molecule has 25 heavy (non-hydrogen) atoms. The zero-order valence-corrected chi connectivity index (χ0v) is 13.8. The molecule has 0 unspecified atom stereocenters. The maximum atomic E-state index is 12.3. The van der Waals surface area contributed by atoms with E-state index in [1.165, 1.54) is 14.2 Å². The highest BCUT2D eigenvalue weighted by molar-refractivity contribution is 5.98. The van der Waals surface area contributed by atoms with E-state index in [4.69, 9.17) is 14.2 Å². The number of anilines is 1. The first kappa shape index (κ1) is 15.3. The van der Waals surface area contributed by atoms with Gasteiger partial charge in [-0.1, -0.05) is 6.07 Å². The molecular formula is C19H16N2O4. The molecule has 126 valence electrons. The van der Waals surface area contributed by atoms with Crippen molar-refractivity contribution >= 4 is 22.6 Å². The Labute approximate surface area is 144 Å². The van der Waals surface area contributed by atoms with E-state index in [0.29, 0.717) is 22.6 Å². The second-order valence-corrected chi connectivity index (χ2v) is 5.61. The van der Waals surface area contributed by atoms with Crippen LogP contribution < -0.4 is 14.8 Å². The molecular weight excluding hydrogens is 320 g/mol. The Kier molecular flexibility index (Phi) is 3.65. The number of nitrogens with one attached hydrogen (secondary N) is 1. The van der Waals surface area contributed by atoms with Crippen LogP contribution in [0.2, 0.25) is 0 Å². The number of hydrogen-bond donors (Lipinski definition) is 1. The van der Waals surface area contributed by atoms with Crippen molar-refractivity contribution in [2.24, 2.45) is 0 Å². The van der Waals surface area contributed by atoms with Gasteiger partial charge in [-0.2, -0.15) is 0 Å². The number of rotatable bonds is 4. The lowest BCUT2D eigenvalue weighted by Gasteiger charge is -2.15. The number of fused-ring (bicyclic) bond motifs is 2. The molecule has 1 aliphatic rings. The lowest BCUT2D eigenvalue weighted by molar-refractivity contribution is 0.0435. The topological polar surface area (TPSA) is 69.7 Å². The van der Waals surface area contributed by atoms with E-state index in [2.05, 4.69) is 10.3 Å². The van der Waals surface area contributed by atoms with E-state index in [9.17, 15) is 4.79 Å². The van der Waals surface area contributed by atoms with Crippen molar-refractivity contribution in [2.45, 2.75) is 6.23 Å². The maximum absolute atomic E-state index is 12.3. The fourth-order valence-corrected chi connectivity index (χ4v) is 3.02. The van der Waals surface area contributed by atoms with Crippen LogP contribution in [0.4, 0.5) is 5.69 Å². The average molecular weight is 336 g/mol. The molecule has 3 aromatic rings. The van der Waals surface area contributed by atoms with E-state index < -0.39 is 12.2 Å². The van der Waals surface area contributed by atoms with Gasteiger partial charge < -0.3 is 19.5 Å². The highest BCUT2D eigenvalue weighted by Gasteiger charge is 2.35. The van der Waals surface area contributed by atoms with Crippen LogP contribution in [0.1, 0.15) is 22.1 Å². The molecule has 4 rings (SSSR count). The third-order valence-electron chi connectivity index (χ3n) is 4.19. The van der Waals surface area contributed by atoms with Gasteiger partial charge in [-0.25, -0.2) is 4.79 Å². The third-order valence-corrected chi connectivity index (χ3v) is 4.19. The lowest BCUT2D eigenvalue weighted by atomic mass is 10.1. The second kappa shape index (κ2) is 5.98. The van der Waals surface area contributed by atoms with Gasteiger partial charge >= 0.3 is 5.97 Å². The summed E-state index contributed by atoms with van der Waals surface area (Å²) < 4.78 is 16.1. The molecule has 1 atom stereocenters. The molecule has 0 radical (unpaired) electrons. The van der Waals surface area contributed by atoms with E-state index in [-0.39, 0.29) is 0 Å². The van der Waals surface area contributed by atoms with Gasteiger partial charge in [0.05, 0.1) is 19.7 Å². The summed E-state index contributed by atoms with van der Waals surface area (Å²) >= 11 is 0. The largest absolute Gasteiger partial charge is 0.493 e. The van der Waals surface area contributed by atoms with Crippen molar-refractivity contribution in [3.63, 3.8) is 0 Å². The maximum Gasteiger partial charge on any atom is 0.344 e. The minimum absolute atomic E-state index is 0.386. The zero-order valence-electron chi connectivity index (χ0n) is 13.8. The van der Waals surface area contributed by atoms with Gasteiger partial charge in [0, 0.05) is 22.8 Å². The molecule has 0 amide bonds.